The second-order valence-corrected chi connectivity index (χ2v) is 4.99. The third-order valence-corrected chi connectivity index (χ3v) is 2.76. The van der Waals surface area contributed by atoms with Gasteiger partial charge in [0, 0.05) is 0 Å². The molecule has 0 saturated heterocycles. The van der Waals surface area contributed by atoms with Crippen LogP contribution in [0, 0.1) is 0 Å². The van der Waals surface area contributed by atoms with Crippen molar-refractivity contribution in [1.82, 2.24) is 0 Å². The van der Waals surface area contributed by atoms with E-state index in [0.29, 0.717) is 0 Å². The van der Waals surface area contributed by atoms with Crippen molar-refractivity contribution in [1.29, 1.82) is 0 Å². The summed E-state index contributed by atoms with van der Waals surface area (Å²) in [5.41, 5.74) is 0. The third kappa shape index (κ3) is 1.91. The molecule has 0 spiro atoms. The molecule has 0 amide bonds. The fourth-order valence-corrected chi connectivity index (χ4v) is 0.309. The highest BCUT2D eigenvalue weighted by Crippen LogP contribution is 3.03. The van der Waals surface area contributed by atoms with Crippen molar-refractivity contribution in [2.24, 2.45) is 0 Å². The zero-order chi connectivity index (χ0) is 9.62. The Labute approximate surface area is 58.1 Å². The van der Waals surface area contributed by atoms with Crippen LogP contribution >= 0.6 is 10.2 Å². The molecular formula is C3H5F7S. The summed E-state index contributed by atoms with van der Waals surface area (Å²) in [6.07, 6.45) is 0. The number of rotatable bonds is 2. The summed E-state index contributed by atoms with van der Waals surface area (Å²) in [6.45, 7) is -3.29. The summed E-state index contributed by atoms with van der Waals surface area (Å²) in [6, 6.07) is 0. The maximum Gasteiger partial charge on any atom is 0.318 e. The van der Waals surface area contributed by atoms with E-state index in [1.54, 1.807) is 0 Å². The van der Waals surface area contributed by atoms with Crippen molar-refractivity contribution in [3.05, 3.63) is 0 Å². The summed E-state index contributed by atoms with van der Waals surface area (Å²) in [5, 5.41) is -5.03. The fraction of sp³-hybridized carbons (Fsp3) is 1.00. The fourth-order valence-electron chi connectivity index (χ4n) is 0.103. The number of alkyl halides is 2. The average Bonchev–Trinajstić information content (AvgIpc) is 1.58. The minimum Gasteiger partial charge on any atom is -0.246 e. The highest BCUT2D eigenvalue weighted by Gasteiger charge is 2.78. The van der Waals surface area contributed by atoms with Gasteiger partial charge in [-0.3, -0.25) is 0 Å². The SMILES string of the molecule is CC(F)(CF)S(F)(F)(F)(F)F. The van der Waals surface area contributed by atoms with Crippen LogP contribution in [0.1, 0.15) is 6.92 Å². The van der Waals surface area contributed by atoms with Gasteiger partial charge in [0.1, 0.15) is 6.67 Å². The minimum absolute atomic E-state index is 0.519. The Hall–Kier alpha value is -0.140. The van der Waals surface area contributed by atoms with Crippen LogP contribution in [0.25, 0.3) is 0 Å². The van der Waals surface area contributed by atoms with Crippen molar-refractivity contribution in [2.45, 2.75) is 11.9 Å². The van der Waals surface area contributed by atoms with E-state index in [9.17, 15) is 28.2 Å². The second-order valence-electron chi connectivity index (χ2n) is 2.20. The van der Waals surface area contributed by atoms with Gasteiger partial charge < -0.3 is 0 Å². The molecule has 0 aromatic rings. The molecule has 0 aliphatic rings. The summed E-state index contributed by atoms with van der Waals surface area (Å²) < 4.78 is 80.0. The van der Waals surface area contributed by atoms with Gasteiger partial charge in [0.25, 0.3) is 5.00 Å². The first-order valence-corrected chi connectivity index (χ1v) is 4.24. The summed E-state index contributed by atoms with van der Waals surface area (Å²) in [4.78, 5) is 0. The van der Waals surface area contributed by atoms with E-state index >= 15 is 0 Å². The van der Waals surface area contributed by atoms with Gasteiger partial charge in [-0.1, -0.05) is 19.4 Å². The van der Waals surface area contributed by atoms with E-state index in [2.05, 4.69) is 0 Å². The first-order valence-electron chi connectivity index (χ1n) is 2.29. The molecular weight excluding hydrogens is 201 g/mol. The zero-order valence-electron chi connectivity index (χ0n) is 5.26. The van der Waals surface area contributed by atoms with Crippen molar-refractivity contribution in [2.75, 3.05) is 6.67 Å². The predicted octanol–water partition coefficient (Wildman–Crippen LogP) is 3.94. The second kappa shape index (κ2) is 1.62. The molecule has 0 fully saturated rings. The molecule has 0 nitrogen and oxygen atoms in total. The zero-order valence-corrected chi connectivity index (χ0v) is 6.08. The summed E-state index contributed by atoms with van der Waals surface area (Å²) >= 11 is 0. The minimum atomic E-state index is -10.3. The number of hydrogen-bond donors (Lipinski definition) is 0. The molecule has 1 unspecified atom stereocenters. The molecule has 8 heteroatoms. The topological polar surface area (TPSA) is 0 Å². The largest absolute Gasteiger partial charge is 0.318 e. The van der Waals surface area contributed by atoms with Gasteiger partial charge in [-0.15, -0.1) is 0 Å². The molecule has 0 N–H and O–H groups in total. The van der Waals surface area contributed by atoms with E-state index in [4.69, 9.17) is 0 Å². The first kappa shape index (κ1) is 10.9. The van der Waals surface area contributed by atoms with Gasteiger partial charge >= 0.3 is 10.2 Å². The van der Waals surface area contributed by atoms with Crippen LogP contribution in [0.5, 0.6) is 0 Å². The van der Waals surface area contributed by atoms with Gasteiger partial charge in [0.05, 0.1) is 0 Å². The lowest BCUT2D eigenvalue weighted by Crippen LogP contribution is -2.35. The Bertz CT molecular complexity index is 161. The Morgan fingerprint density at radius 1 is 1.09 bits per heavy atom. The van der Waals surface area contributed by atoms with Crippen LogP contribution in [-0.2, 0) is 0 Å². The average molecular weight is 206 g/mol. The molecule has 0 saturated carbocycles. The van der Waals surface area contributed by atoms with Crippen LogP contribution in [0.4, 0.5) is 28.2 Å². The lowest BCUT2D eigenvalue weighted by molar-refractivity contribution is 0.156. The van der Waals surface area contributed by atoms with E-state index in [0.717, 1.165) is 0 Å². The van der Waals surface area contributed by atoms with Crippen LogP contribution < -0.4 is 0 Å². The van der Waals surface area contributed by atoms with Crippen molar-refractivity contribution in [3.8, 4) is 0 Å². The van der Waals surface area contributed by atoms with Gasteiger partial charge in [-0.2, -0.15) is 0 Å². The molecule has 72 valence electrons. The molecule has 0 heterocycles. The molecule has 1 atom stereocenters. The smallest absolute Gasteiger partial charge is 0.246 e. The van der Waals surface area contributed by atoms with E-state index in [-0.39, 0.29) is 0 Å². The quantitative estimate of drug-likeness (QED) is 0.600. The third-order valence-electron chi connectivity index (χ3n) is 1.04. The molecule has 11 heavy (non-hydrogen) atoms. The van der Waals surface area contributed by atoms with Gasteiger partial charge in [0.15, 0.2) is 0 Å². The van der Waals surface area contributed by atoms with Crippen molar-refractivity contribution >= 4 is 10.2 Å². The number of halogens is 7. The summed E-state index contributed by atoms with van der Waals surface area (Å²) in [7, 11) is -10.3. The standard InChI is InChI=1S/C3H5F7S/c1-3(5,2-4)11(6,7,8,9)10/h2H2,1H3. The molecule has 0 aromatic carbocycles. The Morgan fingerprint density at radius 2 is 1.36 bits per heavy atom. The van der Waals surface area contributed by atoms with Crippen LogP contribution in [0.2, 0.25) is 0 Å². The number of hydrogen-bond acceptors (Lipinski definition) is 0. The highest BCUT2D eigenvalue weighted by molar-refractivity contribution is 8.46. The first-order chi connectivity index (χ1) is 4.31. The lowest BCUT2D eigenvalue weighted by Gasteiger charge is -2.47. The maximum absolute atomic E-state index is 11.9. The molecule has 0 aliphatic heterocycles. The van der Waals surface area contributed by atoms with Crippen LogP contribution in [-0.4, -0.2) is 11.7 Å². The maximum atomic E-state index is 11.9. The molecule has 0 radical (unpaired) electrons. The highest BCUT2D eigenvalue weighted by atomic mass is 32.5. The van der Waals surface area contributed by atoms with Crippen LogP contribution in [0.15, 0.2) is 0 Å². The Morgan fingerprint density at radius 3 is 1.36 bits per heavy atom. The normalized spacial score (nSPS) is 25.1. The van der Waals surface area contributed by atoms with Gasteiger partial charge in [-0.25, -0.2) is 8.78 Å². The predicted molar refractivity (Wildman–Crippen MR) is 28.6 cm³/mol. The van der Waals surface area contributed by atoms with Gasteiger partial charge in [-0.05, 0) is 6.92 Å². The molecule has 0 bridgehead atoms. The summed E-state index contributed by atoms with van der Waals surface area (Å²) in [5.74, 6) is 0. The van der Waals surface area contributed by atoms with Crippen LogP contribution in [0.3, 0.4) is 0 Å². The van der Waals surface area contributed by atoms with E-state index in [1.807, 2.05) is 0 Å². The van der Waals surface area contributed by atoms with E-state index < -0.39 is 28.8 Å². The molecule has 0 aliphatic carbocycles. The van der Waals surface area contributed by atoms with E-state index in [1.165, 1.54) is 0 Å². The monoisotopic (exact) mass is 206 g/mol. The molecule has 0 aromatic heterocycles. The molecule has 0 rings (SSSR count). The Balaban J connectivity index is 5.17. The Kier molecular flexibility index (Phi) is 1.60. The van der Waals surface area contributed by atoms with Crippen molar-refractivity contribution in [3.63, 3.8) is 0 Å². The van der Waals surface area contributed by atoms with Crippen molar-refractivity contribution < 1.29 is 28.2 Å². The van der Waals surface area contributed by atoms with Gasteiger partial charge in [0.2, 0.25) is 0 Å². The lowest BCUT2D eigenvalue weighted by atomic mass is 10.5.